The summed E-state index contributed by atoms with van der Waals surface area (Å²) in [5, 5.41) is 6.76. The molecule has 22 heavy (non-hydrogen) atoms. The number of aryl methyl sites for hydroxylation is 1. The summed E-state index contributed by atoms with van der Waals surface area (Å²) >= 11 is 0. The number of likely N-dealkylation sites (tertiary alicyclic amines) is 1. The van der Waals surface area contributed by atoms with Crippen molar-refractivity contribution in [2.75, 3.05) is 20.2 Å². The van der Waals surface area contributed by atoms with Crippen LogP contribution in [0.4, 0.5) is 0 Å². The summed E-state index contributed by atoms with van der Waals surface area (Å²) in [6.45, 7) is 1.82. The van der Waals surface area contributed by atoms with Crippen molar-refractivity contribution >= 4 is 5.91 Å². The SMILES string of the molecule is CO[C@@H]1CCC[C@@]12CCCN(C(=O)CCCc1cn[nH]c1)C2. The van der Waals surface area contributed by atoms with Gasteiger partial charge in [-0.1, -0.05) is 6.42 Å². The molecule has 1 N–H and O–H groups in total. The molecule has 0 aromatic carbocycles. The van der Waals surface area contributed by atoms with Crippen molar-refractivity contribution in [1.82, 2.24) is 15.1 Å². The molecule has 1 aromatic heterocycles. The van der Waals surface area contributed by atoms with E-state index in [1.165, 1.54) is 24.8 Å². The van der Waals surface area contributed by atoms with Crippen LogP contribution in [0.5, 0.6) is 0 Å². The van der Waals surface area contributed by atoms with E-state index in [0.29, 0.717) is 18.4 Å². The fourth-order valence-electron chi connectivity index (χ4n) is 4.33. The summed E-state index contributed by atoms with van der Waals surface area (Å²) in [4.78, 5) is 14.6. The zero-order valence-electron chi connectivity index (χ0n) is 13.5. The van der Waals surface area contributed by atoms with Crippen molar-refractivity contribution in [3.8, 4) is 0 Å². The molecular weight excluding hydrogens is 278 g/mol. The second-order valence-electron chi connectivity index (χ2n) is 6.86. The van der Waals surface area contributed by atoms with E-state index in [9.17, 15) is 4.79 Å². The standard InChI is InChI=1S/C17H27N3O2/c1-22-15-6-3-8-17(15)9-4-10-20(13-17)16(21)7-2-5-14-11-18-19-12-14/h11-12,15H,2-10,13H2,1H3,(H,18,19)/t15-,17+/m1/s1. The van der Waals surface area contributed by atoms with Crippen LogP contribution >= 0.6 is 0 Å². The molecule has 0 unspecified atom stereocenters. The molecule has 0 radical (unpaired) electrons. The summed E-state index contributed by atoms with van der Waals surface area (Å²) in [5.41, 5.74) is 1.41. The van der Waals surface area contributed by atoms with Gasteiger partial charge in [0.2, 0.25) is 5.91 Å². The fourth-order valence-corrected chi connectivity index (χ4v) is 4.33. The minimum atomic E-state index is 0.229. The number of amides is 1. The van der Waals surface area contributed by atoms with Gasteiger partial charge in [-0.3, -0.25) is 9.89 Å². The van der Waals surface area contributed by atoms with Crippen LogP contribution in [-0.2, 0) is 16.0 Å². The van der Waals surface area contributed by atoms with E-state index in [4.69, 9.17) is 4.74 Å². The number of aromatic amines is 1. The van der Waals surface area contributed by atoms with Crippen LogP contribution in [0.15, 0.2) is 12.4 Å². The second-order valence-corrected chi connectivity index (χ2v) is 6.86. The zero-order chi connectivity index (χ0) is 15.4. The molecule has 1 saturated heterocycles. The maximum atomic E-state index is 12.5. The van der Waals surface area contributed by atoms with E-state index in [0.717, 1.165) is 38.8 Å². The minimum absolute atomic E-state index is 0.229. The van der Waals surface area contributed by atoms with Gasteiger partial charge < -0.3 is 9.64 Å². The Labute approximate surface area is 132 Å². The van der Waals surface area contributed by atoms with E-state index >= 15 is 0 Å². The predicted octanol–water partition coefficient (Wildman–Crippen LogP) is 2.54. The second kappa shape index (κ2) is 6.82. The third-order valence-electron chi connectivity index (χ3n) is 5.48. The molecule has 5 heteroatoms. The maximum Gasteiger partial charge on any atom is 0.222 e. The Morgan fingerprint density at radius 3 is 3.14 bits per heavy atom. The number of hydrogen-bond acceptors (Lipinski definition) is 3. The summed E-state index contributed by atoms with van der Waals surface area (Å²) in [6, 6.07) is 0. The van der Waals surface area contributed by atoms with Crippen molar-refractivity contribution in [2.24, 2.45) is 5.41 Å². The average Bonchev–Trinajstić information content (AvgIpc) is 3.17. The number of hydrogen-bond donors (Lipinski definition) is 1. The lowest BCUT2D eigenvalue weighted by Gasteiger charge is -2.43. The van der Waals surface area contributed by atoms with E-state index in [2.05, 4.69) is 15.1 Å². The molecule has 2 fully saturated rings. The number of nitrogens with one attached hydrogen (secondary N) is 1. The highest BCUT2D eigenvalue weighted by Crippen LogP contribution is 2.46. The first kappa shape index (κ1) is 15.5. The van der Waals surface area contributed by atoms with Gasteiger partial charge in [-0.05, 0) is 44.1 Å². The average molecular weight is 305 g/mol. The monoisotopic (exact) mass is 305 g/mol. The number of rotatable bonds is 5. The number of nitrogens with zero attached hydrogens (tertiary/aromatic N) is 2. The Bertz CT molecular complexity index is 488. The molecule has 2 heterocycles. The van der Waals surface area contributed by atoms with Crippen LogP contribution in [0.3, 0.4) is 0 Å². The van der Waals surface area contributed by atoms with Gasteiger partial charge in [-0.2, -0.15) is 5.10 Å². The third-order valence-corrected chi connectivity index (χ3v) is 5.48. The van der Waals surface area contributed by atoms with Crippen LogP contribution in [0, 0.1) is 5.41 Å². The molecule has 1 amide bonds. The van der Waals surface area contributed by atoms with E-state index in [1.807, 2.05) is 19.5 Å². The van der Waals surface area contributed by atoms with Crippen molar-refractivity contribution < 1.29 is 9.53 Å². The van der Waals surface area contributed by atoms with Gasteiger partial charge in [-0.25, -0.2) is 0 Å². The summed E-state index contributed by atoms with van der Waals surface area (Å²) in [7, 11) is 1.82. The van der Waals surface area contributed by atoms with E-state index < -0.39 is 0 Å². The first-order valence-electron chi connectivity index (χ1n) is 8.52. The molecular formula is C17H27N3O2. The number of carbonyl (C=O) groups excluding carboxylic acids is 1. The van der Waals surface area contributed by atoms with Crippen molar-refractivity contribution in [1.29, 1.82) is 0 Å². The van der Waals surface area contributed by atoms with Gasteiger partial charge in [0.05, 0.1) is 12.3 Å². The molecule has 1 saturated carbocycles. The van der Waals surface area contributed by atoms with Gasteiger partial charge >= 0.3 is 0 Å². The number of carbonyl (C=O) groups is 1. The van der Waals surface area contributed by atoms with Crippen molar-refractivity contribution in [3.63, 3.8) is 0 Å². The molecule has 1 aromatic rings. The summed E-state index contributed by atoms with van der Waals surface area (Å²) < 4.78 is 5.71. The Kier molecular flexibility index (Phi) is 4.81. The molecule has 2 aliphatic rings. The van der Waals surface area contributed by atoms with E-state index in [-0.39, 0.29) is 5.41 Å². The molecule has 1 aliphatic carbocycles. The van der Waals surface area contributed by atoms with Crippen LogP contribution < -0.4 is 0 Å². The lowest BCUT2D eigenvalue weighted by atomic mass is 9.76. The van der Waals surface area contributed by atoms with E-state index in [1.54, 1.807) is 0 Å². The normalized spacial score (nSPS) is 28.4. The highest BCUT2D eigenvalue weighted by Gasteiger charge is 2.46. The lowest BCUT2D eigenvalue weighted by Crippen LogP contribution is -2.49. The highest BCUT2D eigenvalue weighted by atomic mass is 16.5. The topological polar surface area (TPSA) is 58.2 Å². The van der Waals surface area contributed by atoms with Crippen LogP contribution in [0.2, 0.25) is 0 Å². The summed E-state index contributed by atoms with van der Waals surface area (Å²) in [6.07, 6.45) is 12.5. The van der Waals surface area contributed by atoms with Crippen molar-refractivity contribution in [2.45, 2.75) is 57.5 Å². The van der Waals surface area contributed by atoms with Gasteiger partial charge in [0.25, 0.3) is 0 Å². The number of methoxy groups -OCH3 is 1. The first-order valence-corrected chi connectivity index (χ1v) is 8.52. The van der Waals surface area contributed by atoms with Crippen LogP contribution in [-0.4, -0.2) is 47.3 Å². The minimum Gasteiger partial charge on any atom is -0.381 e. The summed E-state index contributed by atoms with van der Waals surface area (Å²) in [5.74, 6) is 0.310. The Morgan fingerprint density at radius 2 is 2.36 bits per heavy atom. The molecule has 1 aliphatic heterocycles. The Balaban J connectivity index is 1.52. The number of piperidine rings is 1. The molecule has 0 bridgehead atoms. The Hall–Kier alpha value is -1.36. The number of aromatic nitrogens is 2. The quantitative estimate of drug-likeness (QED) is 0.909. The molecule has 1 spiro atoms. The van der Waals surface area contributed by atoms with Crippen molar-refractivity contribution in [3.05, 3.63) is 18.0 Å². The zero-order valence-corrected chi connectivity index (χ0v) is 13.5. The maximum absolute atomic E-state index is 12.5. The number of H-pyrrole nitrogens is 1. The molecule has 5 nitrogen and oxygen atoms in total. The van der Waals surface area contributed by atoms with Gasteiger partial charge in [-0.15, -0.1) is 0 Å². The fraction of sp³-hybridized carbons (Fsp3) is 0.765. The van der Waals surface area contributed by atoms with Crippen LogP contribution in [0.1, 0.15) is 50.5 Å². The molecule has 122 valence electrons. The van der Waals surface area contributed by atoms with Gasteiger partial charge in [0.15, 0.2) is 0 Å². The first-order chi connectivity index (χ1) is 10.7. The van der Waals surface area contributed by atoms with Gasteiger partial charge in [0.1, 0.15) is 0 Å². The Morgan fingerprint density at radius 1 is 1.50 bits per heavy atom. The predicted molar refractivity (Wildman–Crippen MR) is 84.4 cm³/mol. The number of ether oxygens (including phenoxy) is 1. The lowest BCUT2D eigenvalue weighted by molar-refractivity contribution is -0.137. The highest BCUT2D eigenvalue weighted by molar-refractivity contribution is 5.76. The largest absolute Gasteiger partial charge is 0.381 e. The third kappa shape index (κ3) is 3.19. The van der Waals surface area contributed by atoms with Gasteiger partial charge in [0, 0.05) is 38.2 Å². The molecule has 3 rings (SSSR count). The van der Waals surface area contributed by atoms with Crippen LogP contribution in [0.25, 0.3) is 0 Å². The smallest absolute Gasteiger partial charge is 0.222 e. The molecule has 2 atom stereocenters.